The normalized spacial score (nSPS) is 35.7. The zero-order valence-electron chi connectivity index (χ0n) is 20.8. The summed E-state index contributed by atoms with van der Waals surface area (Å²) in [6.07, 6.45) is 7.90. The van der Waals surface area contributed by atoms with Crippen molar-refractivity contribution < 1.29 is 14.6 Å². The minimum Gasteiger partial charge on any atom is -0.492 e. The zero-order valence-corrected chi connectivity index (χ0v) is 20.8. The maximum atomic E-state index is 12.6. The molecule has 1 aromatic carbocycles. The fourth-order valence-corrected chi connectivity index (χ4v) is 7.88. The van der Waals surface area contributed by atoms with Crippen LogP contribution in [0, 0.1) is 34.0 Å². The van der Waals surface area contributed by atoms with Crippen molar-refractivity contribution in [2.75, 3.05) is 27.2 Å². The van der Waals surface area contributed by atoms with Crippen molar-refractivity contribution in [3.8, 4) is 5.75 Å². The highest BCUT2D eigenvalue weighted by Crippen LogP contribution is 2.75. The smallest absolute Gasteiger partial charge is 0.332 e. The second kappa shape index (κ2) is 8.20. The molecule has 4 nitrogen and oxygen atoms in total. The third-order valence-corrected chi connectivity index (χ3v) is 9.67. The molecule has 1 N–H and O–H groups in total. The molecule has 3 aliphatic rings. The Hall–Kier alpha value is -1.81. The molecular formula is C28H41NO3. The van der Waals surface area contributed by atoms with Crippen LogP contribution in [0.3, 0.4) is 0 Å². The molecule has 0 unspecified atom stereocenters. The van der Waals surface area contributed by atoms with Gasteiger partial charge in [-0.25, -0.2) is 4.79 Å². The monoisotopic (exact) mass is 439 g/mol. The van der Waals surface area contributed by atoms with Crippen LogP contribution in [0.15, 0.2) is 29.8 Å². The lowest BCUT2D eigenvalue weighted by atomic mass is 9.56. The molecule has 0 heterocycles. The zero-order chi connectivity index (χ0) is 23.3. The van der Waals surface area contributed by atoms with Gasteiger partial charge < -0.3 is 14.7 Å². The van der Waals surface area contributed by atoms with Crippen molar-refractivity contribution in [2.45, 2.75) is 59.8 Å². The molecule has 4 rings (SSSR count). The Bertz CT molecular complexity index is 886. The predicted octanol–water partition coefficient (Wildman–Crippen LogP) is 5.97. The van der Waals surface area contributed by atoms with Crippen LogP contribution in [0.1, 0.15) is 65.4 Å². The number of fused-ring (bicyclic) bond motifs is 1. The molecular weight excluding hydrogens is 398 g/mol. The van der Waals surface area contributed by atoms with E-state index in [1.54, 1.807) is 0 Å². The van der Waals surface area contributed by atoms with E-state index in [1.807, 2.05) is 44.4 Å². The molecule has 0 aromatic heterocycles. The number of hydrogen-bond acceptors (Lipinski definition) is 3. The van der Waals surface area contributed by atoms with Crippen molar-refractivity contribution in [3.05, 3.63) is 35.4 Å². The first-order valence-electron chi connectivity index (χ1n) is 12.3. The molecule has 4 heteroatoms. The molecule has 1 spiro atoms. The quantitative estimate of drug-likeness (QED) is 0.532. The van der Waals surface area contributed by atoms with Crippen LogP contribution >= 0.6 is 0 Å². The number of carbonyl (C=O) groups is 1. The van der Waals surface area contributed by atoms with Gasteiger partial charge in [0.15, 0.2) is 0 Å². The average Bonchev–Trinajstić information content (AvgIpc) is 3.15. The van der Waals surface area contributed by atoms with E-state index in [2.05, 4.69) is 32.6 Å². The number of rotatable bonds is 7. The molecule has 1 aromatic rings. The molecule has 3 saturated carbocycles. The molecule has 0 saturated heterocycles. The minimum atomic E-state index is -0.768. The number of likely N-dealkylation sites (N-methyl/N-ethyl adjacent to an activating group) is 1. The van der Waals surface area contributed by atoms with E-state index in [0.717, 1.165) is 36.1 Å². The summed E-state index contributed by atoms with van der Waals surface area (Å²) in [6.45, 7) is 11.0. The highest BCUT2D eigenvalue weighted by Gasteiger charge is 2.68. The van der Waals surface area contributed by atoms with Gasteiger partial charge in [-0.3, -0.25) is 0 Å². The van der Waals surface area contributed by atoms with Crippen LogP contribution in [0.5, 0.6) is 5.75 Å². The average molecular weight is 440 g/mol. The van der Waals surface area contributed by atoms with Crippen LogP contribution in [0.2, 0.25) is 0 Å². The molecule has 176 valence electrons. The van der Waals surface area contributed by atoms with E-state index in [-0.39, 0.29) is 10.8 Å². The van der Waals surface area contributed by atoms with Crippen molar-refractivity contribution in [1.82, 2.24) is 4.90 Å². The Morgan fingerprint density at radius 2 is 1.81 bits per heavy atom. The summed E-state index contributed by atoms with van der Waals surface area (Å²) >= 11 is 0. The molecule has 0 radical (unpaired) electrons. The first kappa shape index (κ1) is 23.4. The lowest BCUT2D eigenvalue weighted by molar-refractivity contribution is -0.135. The number of nitrogens with zero attached hydrogens (tertiary/aromatic N) is 1. The van der Waals surface area contributed by atoms with E-state index in [9.17, 15) is 9.90 Å². The summed E-state index contributed by atoms with van der Waals surface area (Å²) in [4.78, 5) is 14.7. The molecule has 32 heavy (non-hydrogen) atoms. The van der Waals surface area contributed by atoms with E-state index < -0.39 is 5.97 Å². The van der Waals surface area contributed by atoms with E-state index in [4.69, 9.17) is 4.74 Å². The maximum Gasteiger partial charge on any atom is 0.332 e. The molecule has 0 amide bonds. The lowest BCUT2D eigenvalue weighted by Gasteiger charge is -2.48. The third-order valence-electron chi connectivity index (χ3n) is 9.67. The Morgan fingerprint density at radius 1 is 1.12 bits per heavy atom. The Kier molecular flexibility index (Phi) is 5.98. The van der Waals surface area contributed by atoms with Gasteiger partial charge in [-0.2, -0.15) is 0 Å². The van der Waals surface area contributed by atoms with Crippen molar-refractivity contribution in [3.63, 3.8) is 0 Å². The van der Waals surface area contributed by atoms with E-state index in [0.29, 0.717) is 23.5 Å². The van der Waals surface area contributed by atoms with Gasteiger partial charge in [-0.05, 0) is 98.6 Å². The van der Waals surface area contributed by atoms with Crippen molar-refractivity contribution >= 4 is 12.0 Å². The SMILES string of the molecule is C[C@@H]1CC[C@H]2C(C)(C)[C@H]3C[C@@]12CC[C@@]3(C)/C(=C\c1ccc(OCCN(C)C)cc1)C(=O)O. The fourth-order valence-electron chi connectivity index (χ4n) is 7.88. The van der Waals surface area contributed by atoms with Gasteiger partial charge in [0.1, 0.15) is 12.4 Å². The number of hydrogen-bond donors (Lipinski definition) is 1. The van der Waals surface area contributed by atoms with Gasteiger partial charge in [0.25, 0.3) is 0 Å². The molecule has 3 fully saturated rings. The molecule has 0 aliphatic heterocycles. The Balaban J connectivity index is 1.60. The Morgan fingerprint density at radius 3 is 2.44 bits per heavy atom. The standard InChI is InChI=1S/C28H41NO3/c1-19-7-12-23-26(2,3)24-18-28(19,23)14-13-27(24,4)22(25(30)31)17-20-8-10-21(11-9-20)32-16-15-29(5)6/h8-11,17,19,23-24H,7,12-16,18H2,1-6H3,(H,30,31)/b22-17-/t19-,23+,24-,27+,28+/m1/s1. The van der Waals surface area contributed by atoms with Crippen LogP contribution < -0.4 is 4.74 Å². The first-order chi connectivity index (χ1) is 15.0. The van der Waals surface area contributed by atoms with Gasteiger partial charge in [-0.1, -0.05) is 39.8 Å². The third kappa shape index (κ3) is 3.69. The highest BCUT2D eigenvalue weighted by atomic mass is 16.5. The van der Waals surface area contributed by atoms with Gasteiger partial charge in [0.2, 0.25) is 0 Å². The first-order valence-corrected chi connectivity index (χ1v) is 12.3. The predicted molar refractivity (Wildman–Crippen MR) is 130 cm³/mol. The summed E-state index contributed by atoms with van der Waals surface area (Å²) < 4.78 is 5.80. The maximum absolute atomic E-state index is 12.6. The summed E-state index contributed by atoms with van der Waals surface area (Å²) in [6, 6.07) is 7.87. The topological polar surface area (TPSA) is 49.8 Å². The molecule has 3 aliphatic carbocycles. The van der Waals surface area contributed by atoms with Crippen LogP contribution in [-0.4, -0.2) is 43.2 Å². The van der Waals surface area contributed by atoms with E-state index >= 15 is 0 Å². The van der Waals surface area contributed by atoms with Gasteiger partial charge in [0.05, 0.1) is 0 Å². The van der Waals surface area contributed by atoms with Crippen molar-refractivity contribution in [2.24, 2.45) is 34.0 Å². The second-order valence-electron chi connectivity index (χ2n) is 11.8. The second-order valence-corrected chi connectivity index (χ2v) is 11.8. The minimum absolute atomic E-state index is 0.175. The largest absolute Gasteiger partial charge is 0.492 e. The Labute approximate surface area is 194 Å². The lowest BCUT2D eigenvalue weighted by Crippen LogP contribution is -2.42. The molecule has 5 atom stereocenters. The van der Waals surface area contributed by atoms with Crippen LogP contribution in [0.4, 0.5) is 0 Å². The fraction of sp³-hybridized carbons (Fsp3) is 0.679. The van der Waals surface area contributed by atoms with Gasteiger partial charge in [-0.15, -0.1) is 0 Å². The highest BCUT2D eigenvalue weighted by molar-refractivity contribution is 5.94. The summed E-state index contributed by atoms with van der Waals surface area (Å²) in [5.41, 5.74) is 1.83. The number of carboxylic acid groups (broad SMARTS) is 1. The van der Waals surface area contributed by atoms with Gasteiger partial charge in [0, 0.05) is 17.5 Å². The van der Waals surface area contributed by atoms with Gasteiger partial charge >= 0.3 is 5.97 Å². The molecule has 2 bridgehead atoms. The van der Waals surface area contributed by atoms with Crippen LogP contribution in [-0.2, 0) is 4.79 Å². The number of aliphatic carboxylic acids is 1. The van der Waals surface area contributed by atoms with Crippen molar-refractivity contribution in [1.29, 1.82) is 0 Å². The van der Waals surface area contributed by atoms with E-state index in [1.165, 1.54) is 25.7 Å². The summed E-state index contributed by atoms with van der Waals surface area (Å²) in [5, 5.41) is 10.3. The number of carboxylic acids is 1. The summed E-state index contributed by atoms with van der Waals surface area (Å²) in [5.74, 6) is 1.96. The number of ether oxygens (including phenoxy) is 1. The number of benzene rings is 1. The van der Waals surface area contributed by atoms with Crippen LogP contribution in [0.25, 0.3) is 6.08 Å². The summed E-state index contributed by atoms with van der Waals surface area (Å²) in [7, 11) is 4.05.